The van der Waals surface area contributed by atoms with Gasteiger partial charge in [-0.1, -0.05) is 135 Å². The molecule has 1 unspecified atom stereocenters. The quantitative estimate of drug-likeness (QED) is 0.207. The first-order valence-electron chi connectivity index (χ1n) is 16.1. The van der Waals surface area contributed by atoms with E-state index in [0.717, 1.165) is 24.2 Å². The smallest absolute Gasteiger partial charge is 0.0387 e. The third-order valence-corrected chi connectivity index (χ3v) is 9.89. The van der Waals surface area contributed by atoms with Crippen LogP contribution in [0.15, 0.2) is 152 Å². The summed E-state index contributed by atoms with van der Waals surface area (Å²) in [7, 11) is 0. The van der Waals surface area contributed by atoms with Gasteiger partial charge in [0.1, 0.15) is 0 Å². The Labute approximate surface area is 266 Å². The van der Waals surface area contributed by atoms with E-state index in [4.69, 9.17) is 0 Å². The lowest BCUT2D eigenvalue weighted by Crippen LogP contribution is -2.15. The molecule has 1 N–H and O–H groups in total. The Morgan fingerprint density at radius 2 is 1.24 bits per heavy atom. The van der Waals surface area contributed by atoms with Gasteiger partial charge in [0.2, 0.25) is 0 Å². The third-order valence-electron chi connectivity index (χ3n) is 9.89. The van der Waals surface area contributed by atoms with Crippen LogP contribution in [0.3, 0.4) is 0 Å². The van der Waals surface area contributed by atoms with E-state index in [2.05, 4.69) is 171 Å². The molecule has 1 atom stereocenters. The fourth-order valence-electron chi connectivity index (χ4n) is 7.52. The maximum absolute atomic E-state index is 3.66. The number of nitrogens with one attached hydrogen (secondary N) is 1. The molecular weight excluding hydrogens is 542 g/mol. The molecule has 2 aliphatic carbocycles. The summed E-state index contributed by atoms with van der Waals surface area (Å²) < 4.78 is 0. The zero-order valence-corrected chi connectivity index (χ0v) is 25.9. The van der Waals surface area contributed by atoms with Crippen molar-refractivity contribution in [1.82, 2.24) is 0 Å². The fraction of sp³-hybridized carbons (Fsp3) is 0.136. The second-order valence-electron chi connectivity index (χ2n) is 13.0. The summed E-state index contributed by atoms with van der Waals surface area (Å²) in [6.45, 7) is 4.66. The van der Waals surface area contributed by atoms with Crippen molar-refractivity contribution in [3.8, 4) is 22.3 Å². The largest absolute Gasteiger partial charge is 0.356 e. The normalized spacial score (nSPS) is 15.9. The predicted molar refractivity (Wildman–Crippen MR) is 190 cm³/mol. The average Bonchev–Trinajstić information content (AvgIpc) is 3.31. The minimum Gasteiger partial charge on any atom is -0.356 e. The van der Waals surface area contributed by atoms with Crippen LogP contribution in [0.2, 0.25) is 0 Å². The van der Waals surface area contributed by atoms with Crippen LogP contribution in [-0.2, 0) is 11.8 Å². The molecule has 2 aliphatic rings. The summed E-state index contributed by atoms with van der Waals surface area (Å²) in [4.78, 5) is 0. The third kappa shape index (κ3) is 4.99. The molecule has 8 rings (SSSR count). The zero-order valence-electron chi connectivity index (χ0n) is 25.9. The molecule has 0 saturated carbocycles. The number of allylic oxidation sites excluding steroid dienone is 1. The SMILES string of the molecule is CC1(C)c2ccccc2-c2ccc(Nc3ccc(-c4cccc(C5=CCC(Cc6ccccc6)c6ccccc65)c4)cc3)cc21. The molecule has 1 heteroatoms. The van der Waals surface area contributed by atoms with E-state index in [0.29, 0.717) is 5.92 Å². The van der Waals surface area contributed by atoms with E-state index in [-0.39, 0.29) is 5.41 Å². The van der Waals surface area contributed by atoms with Crippen molar-refractivity contribution in [2.24, 2.45) is 0 Å². The number of hydrogen-bond donors (Lipinski definition) is 1. The van der Waals surface area contributed by atoms with Crippen molar-refractivity contribution in [3.63, 3.8) is 0 Å². The van der Waals surface area contributed by atoms with Crippen LogP contribution in [-0.4, -0.2) is 0 Å². The molecule has 6 aromatic carbocycles. The van der Waals surface area contributed by atoms with Gasteiger partial charge in [0.25, 0.3) is 0 Å². The van der Waals surface area contributed by atoms with Crippen LogP contribution in [0.5, 0.6) is 0 Å². The summed E-state index contributed by atoms with van der Waals surface area (Å²) in [5.74, 6) is 0.502. The first-order valence-corrected chi connectivity index (χ1v) is 16.1. The van der Waals surface area contributed by atoms with Crippen LogP contribution < -0.4 is 5.32 Å². The molecule has 0 saturated heterocycles. The fourth-order valence-corrected chi connectivity index (χ4v) is 7.52. The van der Waals surface area contributed by atoms with E-state index in [1.165, 1.54) is 61.2 Å². The summed E-state index contributed by atoms with van der Waals surface area (Å²) in [5.41, 5.74) is 17.0. The maximum atomic E-state index is 3.66. The topological polar surface area (TPSA) is 12.0 Å². The van der Waals surface area contributed by atoms with Gasteiger partial charge in [0.05, 0.1) is 0 Å². The van der Waals surface area contributed by atoms with Crippen molar-refractivity contribution >= 4 is 16.9 Å². The Morgan fingerprint density at radius 3 is 2.09 bits per heavy atom. The lowest BCUT2D eigenvalue weighted by Gasteiger charge is -2.26. The predicted octanol–water partition coefficient (Wildman–Crippen LogP) is 11.6. The highest BCUT2D eigenvalue weighted by atomic mass is 14.9. The molecular formula is C44H37N. The molecule has 0 amide bonds. The standard InChI is InChI=1S/C44H37N/c1-44(2)42-18-9-8-17-40(42)41-26-24-36(29-43(41)44)45-35-22-19-31(20-23-35)32-13-10-14-33(28-32)38-25-21-34(27-30-11-4-3-5-12-30)37-15-6-7-16-39(37)38/h3-20,22-26,28-29,34,45H,21,27H2,1-2H3. The van der Waals surface area contributed by atoms with Crippen LogP contribution in [0, 0.1) is 0 Å². The van der Waals surface area contributed by atoms with E-state index in [9.17, 15) is 0 Å². The van der Waals surface area contributed by atoms with Crippen molar-refractivity contribution < 1.29 is 0 Å². The number of hydrogen-bond acceptors (Lipinski definition) is 1. The Kier molecular flexibility index (Phi) is 6.76. The Bertz CT molecular complexity index is 2050. The van der Waals surface area contributed by atoms with Gasteiger partial charge < -0.3 is 5.32 Å². The summed E-state index contributed by atoms with van der Waals surface area (Å²) >= 11 is 0. The molecule has 45 heavy (non-hydrogen) atoms. The van der Waals surface area contributed by atoms with Crippen molar-refractivity contribution in [2.75, 3.05) is 5.32 Å². The Hall–Kier alpha value is -5.14. The van der Waals surface area contributed by atoms with Crippen LogP contribution >= 0.6 is 0 Å². The maximum Gasteiger partial charge on any atom is 0.0387 e. The minimum atomic E-state index is -0.00438. The molecule has 0 aliphatic heterocycles. The zero-order chi connectivity index (χ0) is 30.4. The number of fused-ring (bicyclic) bond motifs is 4. The molecule has 1 nitrogen and oxygen atoms in total. The molecule has 0 aromatic heterocycles. The molecule has 0 spiro atoms. The number of benzene rings is 6. The molecule has 0 bridgehead atoms. The van der Waals surface area contributed by atoms with Crippen LogP contribution in [0.4, 0.5) is 11.4 Å². The van der Waals surface area contributed by atoms with Gasteiger partial charge in [-0.15, -0.1) is 0 Å². The second kappa shape index (κ2) is 11.1. The first kappa shape index (κ1) is 27.4. The minimum absolute atomic E-state index is 0.00438. The van der Waals surface area contributed by atoms with Gasteiger partial charge in [-0.2, -0.15) is 0 Å². The highest BCUT2D eigenvalue weighted by Crippen LogP contribution is 2.49. The molecule has 218 valence electrons. The monoisotopic (exact) mass is 579 g/mol. The van der Waals surface area contributed by atoms with E-state index in [1.54, 1.807) is 0 Å². The highest BCUT2D eigenvalue weighted by Gasteiger charge is 2.35. The molecule has 0 radical (unpaired) electrons. The second-order valence-corrected chi connectivity index (χ2v) is 13.0. The van der Waals surface area contributed by atoms with Gasteiger partial charge in [0.15, 0.2) is 0 Å². The van der Waals surface area contributed by atoms with Gasteiger partial charge >= 0.3 is 0 Å². The van der Waals surface area contributed by atoms with Crippen molar-refractivity contribution in [1.29, 1.82) is 0 Å². The first-order chi connectivity index (χ1) is 22.0. The number of anilines is 2. The molecule has 6 aromatic rings. The van der Waals surface area contributed by atoms with Gasteiger partial charge in [-0.25, -0.2) is 0 Å². The highest BCUT2D eigenvalue weighted by molar-refractivity contribution is 5.86. The Morgan fingerprint density at radius 1 is 0.556 bits per heavy atom. The molecule has 0 heterocycles. The lowest BCUT2D eigenvalue weighted by molar-refractivity contribution is 0.660. The summed E-state index contributed by atoms with van der Waals surface area (Å²) in [6.07, 6.45) is 4.58. The van der Waals surface area contributed by atoms with Gasteiger partial charge in [-0.05, 0) is 110 Å². The summed E-state index contributed by atoms with van der Waals surface area (Å²) in [5, 5.41) is 3.66. The van der Waals surface area contributed by atoms with E-state index >= 15 is 0 Å². The average molecular weight is 580 g/mol. The van der Waals surface area contributed by atoms with Gasteiger partial charge in [0, 0.05) is 16.8 Å². The van der Waals surface area contributed by atoms with Crippen molar-refractivity contribution in [3.05, 3.63) is 185 Å². The van der Waals surface area contributed by atoms with Crippen molar-refractivity contribution in [2.45, 2.75) is 38.0 Å². The number of rotatable bonds is 6. The molecule has 0 fully saturated rings. The Balaban J connectivity index is 1.03. The van der Waals surface area contributed by atoms with Crippen LogP contribution in [0.25, 0.3) is 27.8 Å². The lowest BCUT2D eigenvalue weighted by atomic mass is 9.78. The van der Waals surface area contributed by atoms with E-state index in [1.807, 2.05) is 0 Å². The van der Waals surface area contributed by atoms with Gasteiger partial charge in [-0.3, -0.25) is 0 Å². The van der Waals surface area contributed by atoms with E-state index < -0.39 is 0 Å². The summed E-state index contributed by atoms with van der Waals surface area (Å²) in [6, 6.07) is 53.3. The van der Waals surface area contributed by atoms with Crippen LogP contribution in [0.1, 0.15) is 59.6 Å².